The zero-order chi connectivity index (χ0) is 12.1. The number of aliphatic hydroxyl groups excluding tert-OH is 1. The van der Waals surface area contributed by atoms with E-state index >= 15 is 0 Å². The highest BCUT2D eigenvalue weighted by Gasteiger charge is 2.18. The molecule has 2 heteroatoms. The van der Waals surface area contributed by atoms with Crippen LogP contribution in [0.25, 0.3) is 0 Å². The van der Waals surface area contributed by atoms with Crippen molar-refractivity contribution in [2.45, 2.75) is 57.7 Å². The van der Waals surface area contributed by atoms with Gasteiger partial charge >= 0.3 is 0 Å². The van der Waals surface area contributed by atoms with Gasteiger partial charge in [-0.2, -0.15) is 0 Å². The Kier molecular flexibility index (Phi) is 4.57. The van der Waals surface area contributed by atoms with E-state index in [4.69, 9.17) is 0 Å². The Labute approximate surface area is 104 Å². The van der Waals surface area contributed by atoms with Crippen LogP contribution in [0.15, 0.2) is 24.3 Å². The lowest BCUT2D eigenvalue weighted by Crippen LogP contribution is -2.34. The van der Waals surface area contributed by atoms with Gasteiger partial charge in [-0.1, -0.05) is 31.2 Å². The second-order valence-corrected chi connectivity index (χ2v) is 5.06. The van der Waals surface area contributed by atoms with Crippen molar-refractivity contribution < 1.29 is 5.11 Å². The zero-order valence-electron chi connectivity index (χ0n) is 10.7. The standard InChI is InChI=1S/C15H23NO/c1-2-12-3-5-13(6-4-12)11-16-14-7-9-15(17)10-8-14/h3-6,14-17H,2,7-11H2,1H3. The maximum atomic E-state index is 9.44. The molecule has 0 heterocycles. The monoisotopic (exact) mass is 233 g/mol. The molecule has 2 rings (SSSR count). The molecule has 0 atom stereocenters. The first-order chi connectivity index (χ1) is 8.28. The Bertz CT molecular complexity index is 325. The fourth-order valence-corrected chi connectivity index (χ4v) is 2.43. The van der Waals surface area contributed by atoms with Gasteiger partial charge in [-0.15, -0.1) is 0 Å². The fraction of sp³-hybridized carbons (Fsp3) is 0.600. The van der Waals surface area contributed by atoms with E-state index in [9.17, 15) is 5.11 Å². The summed E-state index contributed by atoms with van der Waals surface area (Å²) in [5.74, 6) is 0. The summed E-state index contributed by atoms with van der Waals surface area (Å²) in [5, 5.41) is 13.0. The topological polar surface area (TPSA) is 32.3 Å². The van der Waals surface area contributed by atoms with Gasteiger partial charge in [0.05, 0.1) is 6.10 Å². The third-order valence-corrected chi connectivity index (χ3v) is 3.72. The van der Waals surface area contributed by atoms with E-state index < -0.39 is 0 Å². The predicted octanol–water partition coefficient (Wildman–Crippen LogP) is 2.64. The zero-order valence-corrected chi connectivity index (χ0v) is 10.7. The molecule has 1 aromatic rings. The van der Waals surface area contributed by atoms with Crippen LogP contribution in [0, 0.1) is 0 Å². The van der Waals surface area contributed by atoms with Crippen LogP contribution in [0.1, 0.15) is 43.7 Å². The predicted molar refractivity (Wildman–Crippen MR) is 70.9 cm³/mol. The van der Waals surface area contributed by atoms with Crippen molar-refractivity contribution in [1.29, 1.82) is 0 Å². The van der Waals surface area contributed by atoms with Gasteiger partial charge in [0.2, 0.25) is 0 Å². The van der Waals surface area contributed by atoms with Gasteiger partial charge in [0.15, 0.2) is 0 Å². The SMILES string of the molecule is CCc1ccc(CNC2CCC(O)CC2)cc1. The van der Waals surface area contributed by atoms with E-state index in [2.05, 4.69) is 36.5 Å². The van der Waals surface area contributed by atoms with Crippen LogP contribution in [-0.2, 0) is 13.0 Å². The van der Waals surface area contributed by atoms with E-state index in [-0.39, 0.29) is 6.10 Å². The lowest BCUT2D eigenvalue weighted by Gasteiger charge is -2.26. The van der Waals surface area contributed by atoms with Crippen LogP contribution in [-0.4, -0.2) is 17.3 Å². The van der Waals surface area contributed by atoms with Crippen molar-refractivity contribution in [1.82, 2.24) is 5.32 Å². The molecule has 0 aliphatic heterocycles. The van der Waals surface area contributed by atoms with Crippen LogP contribution in [0.3, 0.4) is 0 Å². The molecule has 0 unspecified atom stereocenters. The van der Waals surface area contributed by atoms with Crippen molar-refractivity contribution in [3.63, 3.8) is 0 Å². The highest BCUT2D eigenvalue weighted by molar-refractivity contribution is 5.22. The molecule has 1 fully saturated rings. The average molecular weight is 233 g/mol. The molecule has 1 aliphatic carbocycles. The highest BCUT2D eigenvalue weighted by Crippen LogP contribution is 2.18. The maximum absolute atomic E-state index is 9.44. The van der Waals surface area contributed by atoms with E-state index in [0.717, 1.165) is 38.6 Å². The molecule has 2 N–H and O–H groups in total. The molecular weight excluding hydrogens is 210 g/mol. The molecule has 94 valence electrons. The highest BCUT2D eigenvalue weighted by atomic mass is 16.3. The Balaban J connectivity index is 1.77. The van der Waals surface area contributed by atoms with E-state index in [1.807, 2.05) is 0 Å². The van der Waals surface area contributed by atoms with Crippen LogP contribution in [0.2, 0.25) is 0 Å². The van der Waals surface area contributed by atoms with Crippen molar-refractivity contribution >= 4 is 0 Å². The first-order valence-electron chi connectivity index (χ1n) is 6.77. The molecule has 2 nitrogen and oxygen atoms in total. The van der Waals surface area contributed by atoms with Gasteiger partial charge in [0.1, 0.15) is 0 Å². The van der Waals surface area contributed by atoms with Crippen molar-refractivity contribution in [3.05, 3.63) is 35.4 Å². The molecule has 0 amide bonds. The molecule has 1 saturated carbocycles. The quantitative estimate of drug-likeness (QED) is 0.838. The summed E-state index contributed by atoms with van der Waals surface area (Å²) in [7, 11) is 0. The van der Waals surface area contributed by atoms with E-state index in [1.54, 1.807) is 0 Å². The number of rotatable bonds is 4. The second-order valence-electron chi connectivity index (χ2n) is 5.06. The molecular formula is C15H23NO. The fourth-order valence-electron chi connectivity index (χ4n) is 2.43. The molecule has 0 saturated heterocycles. The lowest BCUT2D eigenvalue weighted by molar-refractivity contribution is 0.116. The summed E-state index contributed by atoms with van der Waals surface area (Å²) in [6.45, 7) is 3.13. The summed E-state index contributed by atoms with van der Waals surface area (Å²) in [4.78, 5) is 0. The average Bonchev–Trinajstić information content (AvgIpc) is 2.39. The molecule has 0 aromatic heterocycles. The van der Waals surface area contributed by atoms with Crippen LogP contribution < -0.4 is 5.32 Å². The first-order valence-corrected chi connectivity index (χ1v) is 6.77. The number of aliphatic hydroxyl groups is 1. The molecule has 1 aromatic carbocycles. The summed E-state index contributed by atoms with van der Waals surface area (Å²) in [6, 6.07) is 9.43. The largest absolute Gasteiger partial charge is 0.393 e. The third kappa shape index (κ3) is 3.83. The third-order valence-electron chi connectivity index (χ3n) is 3.72. The van der Waals surface area contributed by atoms with Gasteiger partial charge in [0.25, 0.3) is 0 Å². The number of hydrogen-bond acceptors (Lipinski definition) is 2. The maximum Gasteiger partial charge on any atom is 0.0541 e. The number of benzene rings is 1. The molecule has 0 spiro atoms. The van der Waals surface area contributed by atoms with E-state index in [0.29, 0.717) is 6.04 Å². The lowest BCUT2D eigenvalue weighted by atomic mass is 9.93. The number of hydrogen-bond donors (Lipinski definition) is 2. The van der Waals surface area contributed by atoms with Gasteiger partial charge in [-0.3, -0.25) is 0 Å². The van der Waals surface area contributed by atoms with Crippen LogP contribution >= 0.6 is 0 Å². The molecule has 0 radical (unpaired) electrons. The summed E-state index contributed by atoms with van der Waals surface area (Å²) in [5.41, 5.74) is 2.75. The molecule has 0 bridgehead atoms. The van der Waals surface area contributed by atoms with Gasteiger partial charge < -0.3 is 10.4 Å². The Hall–Kier alpha value is -0.860. The Morgan fingerprint density at radius 2 is 1.65 bits per heavy atom. The number of aryl methyl sites for hydroxylation is 1. The minimum atomic E-state index is -0.0584. The molecule has 1 aliphatic rings. The summed E-state index contributed by atoms with van der Waals surface area (Å²) < 4.78 is 0. The van der Waals surface area contributed by atoms with Crippen LogP contribution in [0.4, 0.5) is 0 Å². The minimum Gasteiger partial charge on any atom is -0.393 e. The second kappa shape index (κ2) is 6.18. The van der Waals surface area contributed by atoms with Gasteiger partial charge in [0, 0.05) is 12.6 Å². The first kappa shape index (κ1) is 12.6. The van der Waals surface area contributed by atoms with Crippen molar-refractivity contribution in [3.8, 4) is 0 Å². The van der Waals surface area contributed by atoms with Gasteiger partial charge in [-0.25, -0.2) is 0 Å². The van der Waals surface area contributed by atoms with Crippen molar-refractivity contribution in [2.24, 2.45) is 0 Å². The van der Waals surface area contributed by atoms with Gasteiger partial charge in [-0.05, 0) is 43.2 Å². The Morgan fingerprint density at radius 3 is 2.24 bits per heavy atom. The van der Waals surface area contributed by atoms with Crippen LogP contribution in [0.5, 0.6) is 0 Å². The number of nitrogens with one attached hydrogen (secondary N) is 1. The Morgan fingerprint density at radius 1 is 1.06 bits per heavy atom. The summed E-state index contributed by atoms with van der Waals surface area (Å²) in [6.07, 6.45) is 5.16. The molecule has 17 heavy (non-hydrogen) atoms. The normalized spacial score (nSPS) is 24.8. The van der Waals surface area contributed by atoms with Crippen molar-refractivity contribution in [2.75, 3.05) is 0 Å². The summed E-state index contributed by atoms with van der Waals surface area (Å²) >= 11 is 0. The smallest absolute Gasteiger partial charge is 0.0541 e. The minimum absolute atomic E-state index is 0.0584. The van der Waals surface area contributed by atoms with E-state index in [1.165, 1.54) is 11.1 Å².